The first kappa shape index (κ1) is 15.7. The molecule has 0 saturated carbocycles. The zero-order chi connectivity index (χ0) is 17.6. The lowest BCUT2D eigenvalue weighted by Gasteiger charge is -2.09. The van der Waals surface area contributed by atoms with Crippen LogP contribution in [0.3, 0.4) is 0 Å². The molecule has 1 aromatic heterocycles. The zero-order valence-corrected chi connectivity index (χ0v) is 13.9. The monoisotopic (exact) mass is 352 g/mol. The Morgan fingerprint density at radius 1 is 1.04 bits per heavy atom. The van der Waals surface area contributed by atoms with E-state index in [2.05, 4.69) is 0 Å². The van der Waals surface area contributed by atoms with Crippen molar-refractivity contribution in [2.24, 2.45) is 5.73 Å². The highest BCUT2D eigenvalue weighted by Gasteiger charge is 2.17. The summed E-state index contributed by atoms with van der Waals surface area (Å²) < 4.78 is 15.9. The number of amides is 1. The van der Waals surface area contributed by atoms with Gasteiger partial charge in [0, 0.05) is 27.9 Å². The molecule has 0 aliphatic rings. The summed E-state index contributed by atoms with van der Waals surface area (Å²) in [5, 5.41) is 2.16. The number of halogens is 2. The van der Waals surface area contributed by atoms with Crippen LogP contribution in [-0.4, -0.2) is 10.5 Å². The summed E-state index contributed by atoms with van der Waals surface area (Å²) in [6.07, 6.45) is 0. The highest BCUT2D eigenvalue weighted by molar-refractivity contribution is 6.31. The molecule has 0 aliphatic heterocycles. The van der Waals surface area contributed by atoms with Gasteiger partial charge in [0.05, 0.1) is 11.0 Å². The Labute approximate surface area is 148 Å². The summed E-state index contributed by atoms with van der Waals surface area (Å²) in [7, 11) is 0. The first-order valence-corrected chi connectivity index (χ1v) is 8.18. The van der Waals surface area contributed by atoms with E-state index in [1.54, 1.807) is 18.2 Å². The van der Waals surface area contributed by atoms with Gasteiger partial charge in [-0.2, -0.15) is 0 Å². The van der Waals surface area contributed by atoms with E-state index in [9.17, 15) is 9.18 Å². The van der Waals surface area contributed by atoms with Crippen LogP contribution in [-0.2, 0) is 6.54 Å². The van der Waals surface area contributed by atoms with Gasteiger partial charge in [0.25, 0.3) is 0 Å². The summed E-state index contributed by atoms with van der Waals surface area (Å²) in [4.78, 5) is 11.9. The summed E-state index contributed by atoms with van der Waals surface area (Å²) in [5.41, 5.74) is 8.39. The number of nitrogens with zero attached hydrogens (tertiary/aromatic N) is 1. The summed E-state index contributed by atoms with van der Waals surface area (Å²) in [6, 6.07) is 17.4. The predicted molar refractivity (Wildman–Crippen MR) is 98.5 cm³/mol. The first-order chi connectivity index (χ1) is 12.1. The fourth-order valence-corrected chi connectivity index (χ4v) is 3.49. The van der Waals surface area contributed by atoms with E-state index in [0.29, 0.717) is 22.6 Å². The highest BCUT2D eigenvalue weighted by atomic mass is 35.5. The maximum atomic E-state index is 13.9. The molecule has 124 valence electrons. The van der Waals surface area contributed by atoms with Gasteiger partial charge in [0.2, 0.25) is 5.91 Å². The van der Waals surface area contributed by atoms with Crippen molar-refractivity contribution in [3.8, 4) is 0 Å². The molecular formula is C20H14ClFN2O. The largest absolute Gasteiger partial charge is 0.366 e. The molecule has 0 atom stereocenters. The van der Waals surface area contributed by atoms with Gasteiger partial charge in [-0.25, -0.2) is 4.39 Å². The number of carbonyl (C=O) groups excluding carboxylic acids is 1. The van der Waals surface area contributed by atoms with Crippen molar-refractivity contribution in [1.29, 1.82) is 0 Å². The second kappa shape index (κ2) is 5.90. The number of hydrogen-bond donors (Lipinski definition) is 1. The smallest absolute Gasteiger partial charge is 0.249 e. The summed E-state index contributed by atoms with van der Waals surface area (Å²) in [5.74, 6) is -0.844. The number of hydrogen-bond acceptors (Lipinski definition) is 1. The lowest BCUT2D eigenvalue weighted by molar-refractivity contribution is 0.100. The van der Waals surface area contributed by atoms with E-state index >= 15 is 0 Å². The second-order valence-electron chi connectivity index (χ2n) is 5.90. The van der Waals surface area contributed by atoms with Crippen molar-refractivity contribution in [3.63, 3.8) is 0 Å². The van der Waals surface area contributed by atoms with Gasteiger partial charge in [-0.15, -0.1) is 0 Å². The number of carbonyl (C=O) groups is 1. The minimum atomic E-state index is -0.508. The average Bonchev–Trinajstić information content (AvgIpc) is 2.90. The van der Waals surface area contributed by atoms with Crippen molar-refractivity contribution < 1.29 is 9.18 Å². The molecule has 0 fully saturated rings. The van der Waals surface area contributed by atoms with Crippen LogP contribution in [0.15, 0.2) is 60.7 Å². The third-order valence-electron chi connectivity index (χ3n) is 4.40. The molecule has 25 heavy (non-hydrogen) atoms. The molecular weight excluding hydrogens is 339 g/mol. The Morgan fingerprint density at radius 3 is 2.60 bits per heavy atom. The molecule has 0 bridgehead atoms. The van der Waals surface area contributed by atoms with Crippen molar-refractivity contribution in [2.75, 3.05) is 0 Å². The third kappa shape index (κ3) is 2.55. The predicted octanol–water partition coefficient (Wildman–Crippen LogP) is 4.73. The minimum absolute atomic E-state index is 0.337. The van der Waals surface area contributed by atoms with Crippen LogP contribution in [0.1, 0.15) is 15.9 Å². The Hall–Kier alpha value is -2.85. The van der Waals surface area contributed by atoms with Gasteiger partial charge in [-0.05, 0) is 42.0 Å². The quantitative estimate of drug-likeness (QED) is 0.569. The van der Waals surface area contributed by atoms with E-state index in [1.807, 2.05) is 34.9 Å². The minimum Gasteiger partial charge on any atom is -0.366 e. The molecule has 1 heterocycles. The van der Waals surface area contributed by atoms with Gasteiger partial charge in [-0.3, -0.25) is 4.79 Å². The molecule has 1 amide bonds. The van der Waals surface area contributed by atoms with E-state index in [-0.39, 0.29) is 5.82 Å². The third-order valence-corrected chi connectivity index (χ3v) is 4.77. The lowest BCUT2D eigenvalue weighted by atomic mass is 10.1. The second-order valence-corrected chi connectivity index (χ2v) is 6.31. The molecule has 0 saturated heterocycles. The first-order valence-electron chi connectivity index (χ1n) is 7.80. The van der Waals surface area contributed by atoms with E-state index < -0.39 is 5.91 Å². The van der Waals surface area contributed by atoms with Crippen molar-refractivity contribution in [2.45, 2.75) is 6.54 Å². The highest BCUT2D eigenvalue weighted by Crippen LogP contribution is 2.33. The van der Waals surface area contributed by atoms with E-state index in [1.165, 1.54) is 12.1 Å². The van der Waals surface area contributed by atoms with Gasteiger partial charge in [0.1, 0.15) is 5.82 Å². The maximum Gasteiger partial charge on any atom is 0.249 e. The molecule has 4 aromatic rings. The van der Waals surface area contributed by atoms with Crippen molar-refractivity contribution in [3.05, 3.63) is 82.6 Å². The zero-order valence-electron chi connectivity index (χ0n) is 13.2. The Balaban J connectivity index is 2.08. The van der Waals surface area contributed by atoms with E-state index in [4.69, 9.17) is 17.3 Å². The van der Waals surface area contributed by atoms with Gasteiger partial charge in [0.15, 0.2) is 0 Å². The number of primary amides is 1. The molecule has 5 heteroatoms. The molecule has 3 nitrogen and oxygen atoms in total. The van der Waals surface area contributed by atoms with Crippen molar-refractivity contribution in [1.82, 2.24) is 4.57 Å². The Morgan fingerprint density at radius 2 is 1.84 bits per heavy atom. The number of fused-ring (bicyclic) bond motifs is 3. The number of nitrogens with two attached hydrogens (primary N) is 1. The van der Waals surface area contributed by atoms with Gasteiger partial charge in [-0.1, -0.05) is 35.9 Å². The van der Waals surface area contributed by atoms with Crippen molar-refractivity contribution >= 4 is 39.3 Å². The standard InChI is InChI=1S/C20H14ClFN2O/c21-16-6-2-1-4-12(16)11-24-17-7-3-5-15(20(23)25)19(17)14-9-8-13(22)10-18(14)24/h1-10H,11H2,(H2,23,25). The number of aromatic nitrogens is 1. The van der Waals surface area contributed by atoms with Crippen LogP contribution in [0.25, 0.3) is 21.8 Å². The molecule has 0 aliphatic carbocycles. The normalized spacial score (nSPS) is 11.3. The lowest BCUT2D eigenvalue weighted by Crippen LogP contribution is -2.11. The molecule has 0 spiro atoms. The van der Waals surface area contributed by atoms with Crippen LogP contribution in [0.2, 0.25) is 5.02 Å². The topological polar surface area (TPSA) is 48.0 Å². The van der Waals surface area contributed by atoms with Gasteiger partial charge < -0.3 is 10.3 Å². The molecule has 3 aromatic carbocycles. The van der Waals surface area contributed by atoms with Crippen LogP contribution in [0, 0.1) is 5.82 Å². The maximum absolute atomic E-state index is 13.9. The van der Waals surface area contributed by atoms with E-state index in [0.717, 1.165) is 21.9 Å². The molecule has 0 unspecified atom stereocenters. The van der Waals surface area contributed by atoms with Crippen LogP contribution >= 0.6 is 11.6 Å². The number of benzene rings is 3. The molecule has 2 N–H and O–H groups in total. The molecule has 0 radical (unpaired) electrons. The fraction of sp³-hybridized carbons (Fsp3) is 0.0500. The van der Waals surface area contributed by atoms with Crippen LogP contribution in [0.5, 0.6) is 0 Å². The summed E-state index contributed by atoms with van der Waals surface area (Å²) in [6.45, 7) is 0.464. The Kier molecular flexibility index (Phi) is 3.70. The fourth-order valence-electron chi connectivity index (χ4n) is 3.29. The summed E-state index contributed by atoms with van der Waals surface area (Å²) >= 11 is 6.29. The number of rotatable bonds is 3. The van der Waals surface area contributed by atoms with Gasteiger partial charge >= 0.3 is 0 Å². The van der Waals surface area contributed by atoms with Crippen LogP contribution < -0.4 is 5.73 Å². The molecule has 4 rings (SSSR count). The van der Waals surface area contributed by atoms with Crippen LogP contribution in [0.4, 0.5) is 4.39 Å². The SMILES string of the molecule is NC(=O)c1cccc2c1c1ccc(F)cc1n2Cc1ccccc1Cl. The Bertz CT molecular complexity index is 1130. The average molecular weight is 353 g/mol.